The lowest BCUT2D eigenvalue weighted by Gasteiger charge is -2.36. The summed E-state index contributed by atoms with van der Waals surface area (Å²) in [6, 6.07) is 1.27. The van der Waals surface area contributed by atoms with Gasteiger partial charge in [-0.25, -0.2) is 4.98 Å². The Hall–Kier alpha value is -1.73. The molecule has 1 N–H and O–H groups in total. The molecule has 0 aliphatic carbocycles. The van der Waals surface area contributed by atoms with E-state index >= 15 is 0 Å². The molecule has 1 unspecified atom stereocenters. The van der Waals surface area contributed by atoms with Crippen LogP contribution in [0.3, 0.4) is 0 Å². The fraction of sp³-hybridized carbons (Fsp3) is 0.500. The van der Waals surface area contributed by atoms with Crippen molar-refractivity contribution >= 4 is 23.2 Å². The molecule has 0 radical (unpaired) electrons. The van der Waals surface area contributed by atoms with Gasteiger partial charge < -0.3 is 10.0 Å². The first-order chi connectivity index (χ1) is 9.32. The number of likely N-dealkylation sites (tertiary alicyclic amines) is 1. The van der Waals surface area contributed by atoms with E-state index in [9.17, 15) is 20.0 Å². The molecular weight excluding hydrogens is 286 g/mol. The van der Waals surface area contributed by atoms with Gasteiger partial charge in [0.05, 0.1) is 10.5 Å². The first-order valence-corrected chi connectivity index (χ1v) is 6.50. The molecular formula is C12H14ClN3O4. The highest BCUT2D eigenvalue weighted by Crippen LogP contribution is 2.29. The van der Waals surface area contributed by atoms with E-state index in [0.717, 1.165) is 0 Å². The van der Waals surface area contributed by atoms with Gasteiger partial charge >= 0.3 is 5.69 Å². The molecule has 1 aromatic rings. The van der Waals surface area contributed by atoms with Gasteiger partial charge in [-0.15, -0.1) is 0 Å². The molecule has 7 nitrogen and oxygen atoms in total. The zero-order valence-corrected chi connectivity index (χ0v) is 11.6. The van der Waals surface area contributed by atoms with E-state index < -0.39 is 22.1 Å². The molecule has 20 heavy (non-hydrogen) atoms. The minimum Gasteiger partial charge on any atom is -0.388 e. The Bertz CT molecular complexity index is 562. The molecule has 1 fully saturated rings. The number of pyridine rings is 1. The largest absolute Gasteiger partial charge is 0.388 e. The molecule has 8 heteroatoms. The Kier molecular flexibility index (Phi) is 3.92. The highest BCUT2D eigenvalue weighted by atomic mass is 35.5. The number of hydrogen-bond acceptors (Lipinski definition) is 5. The van der Waals surface area contributed by atoms with Crippen LogP contribution in [-0.4, -0.2) is 44.5 Å². The second-order valence-corrected chi connectivity index (χ2v) is 5.44. The SMILES string of the molecule is CC1(O)CCCN(C(=O)c2ccnc(Cl)c2[N+](=O)[O-])C1. The van der Waals surface area contributed by atoms with Crippen LogP contribution in [0.4, 0.5) is 5.69 Å². The Balaban J connectivity index is 2.34. The third-order valence-corrected chi connectivity index (χ3v) is 3.53. The van der Waals surface area contributed by atoms with Crippen LogP contribution in [0.2, 0.25) is 5.15 Å². The average molecular weight is 300 g/mol. The maximum absolute atomic E-state index is 12.4. The van der Waals surface area contributed by atoms with Gasteiger partial charge in [0.15, 0.2) is 0 Å². The van der Waals surface area contributed by atoms with Gasteiger partial charge in [0, 0.05) is 19.3 Å². The number of aromatic nitrogens is 1. The molecule has 2 rings (SSSR count). The van der Waals surface area contributed by atoms with Crippen molar-refractivity contribution in [3.63, 3.8) is 0 Å². The predicted octanol–water partition coefficient (Wildman–Crippen LogP) is 1.63. The smallest absolute Gasteiger partial charge is 0.319 e. The molecule has 1 atom stereocenters. The van der Waals surface area contributed by atoms with E-state index in [4.69, 9.17) is 11.6 Å². The van der Waals surface area contributed by atoms with Crippen LogP contribution in [0.15, 0.2) is 12.3 Å². The maximum Gasteiger partial charge on any atom is 0.319 e. The van der Waals surface area contributed by atoms with Crippen LogP contribution in [0.1, 0.15) is 30.1 Å². The molecule has 0 spiro atoms. The van der Waals surface area contributed by atoms with Crippen molar-refractivity contribution in [2.24, 2.45) is 0 Å². The minimum atomic E-state index is -0.973. The number of rotatable bonds is 2. The van der Waals surface area contributed by atoms with Gasteiger partial charge in [-0.2, -0.15) is 0 Å². The zero-order chi connectivity index (χ0) is 14.9. The topological polar surface area (TPSA) is 96.6 Å². The van der Waals surface area contributed by atoms with Gasteiger partial charge in [-0.1, -0.05) is 11.6 Å². The van der Waals surface area contributed by atoms with Gasteiger partial charge in [-0.05, 0) is 25.8 Å². The lowest BCUT2D eigenvalue weighted by Crippen LogP contribution is -2.48. The van der Waals surface area contributed by atoms with Crippen LogP contribution in [0.5, 0.6) is 0 Å². The third kappa shape index (κ3) is 2.88. The third-order valence-electron chi connectivity index (χ3n) is 3.25. The summed E-state index contributed by atoms with van der Waals surface area (Å²) in [6.07, 6.45) is 2.49. The molecule has 1 amide bonds. The molecule has 0 saturated carbocycles. The van der Waals surface area contributed by atoms with E-state index in [1.54, 1.807) is 6.92 Å². The summed E-state index contributed by atoms with van der Waals surface area (Å²) in [4.78, 5) is 27.7. The van der Waals surface area contributed by atoms with Crippen molar-refractivity contribution in [3.05, 3.63) is 33.1 Å². The number of piperidine rings is 1. The van der Waals surface area contributed by atoms with Gasteiger partial charge in [0.1, 0.15) is 5.56 Å². The van der Waals surface area contributed by atoms with E-state index in [0.29, 0.717) is 19.4 Å². The summed E-state index contributed by atoms with van der Waals surface area (Å²) in [6.45, 7) is 2.23. The molecule has 0 bridgehead atoms. The number of halogens is 1. The van der Waals surface area contributed by atoms with Crippen LogP contribution in [0.25, 0.3) is 0 Å². The molecule has 1 aliphatic heterocycles. The van der Waals surface area contributed by atoms with Gasteiger partial charge in [0.25, 0.3) is 5.91 Å². The number of carbonyl (C=O) groups excluding carboxylic acids is 1. The van der Waals surface area contributed by atoms with Crippen molar-refractivity contribution in [2.45, 2.75) is 25.4 Å². The summed E-state index contributed by atoms with van der Waals surface area (Å²) in [5.41, 5.74) is -1.57. The van der Waals surface area contributed by atoms with Crippen molar-refractivity contribution in [1.82, 2.24) is 9.88 Å². The summed E-state index contributed by atoms with van der Waals surface area (Å²) in [7, 11) is 0. The Labute approximate surface area is 120 Å². The second kappa shape index (κ2) is 5.34. The molecule has 1 aliphatic rings. The zero-order valence-electron chi connectivity index (χ0n) is 10.9. The quantitative estimate of drug-likeness (QED) is 0.508. The second-order valence-electron chi connectivity index (χ2n) is 5.08. The van der Waals surface area contributed by atoms with Crippen LogP contribution < -0.4 is 0 Å². The molecule has 0 aromatic carbocycles. The van der Waals surface area contributed by atoms with E-state index in [1.165, 1.54) is 17.2 Å². The highest BCUT2D eigenvalue weighted by Gasteiger charge is 2.34. The molecule has 1 saturated heterocycles. The van der Waals surface area contributed by atoms with E-state index in [1.807, 2.05) is 0 Å². The first-order valence-electron chi connectivity index (χ1n) is 6.12. The van der Waals surface area contributed by atoms with Gasteiger partial charge in [0.2, 0.25) is 5.15 Å². The van der Waals surface area contributed by atoms with E-state index in [-0.39, 0.29) is 17.3 Å². The number of amides is 1. The minimum absolute atomic E-state index is 0.104. The van der Waals surface area contributed by atoms with Crippen LogP contribution >= 0.6 is 11.6 Å². The average Bonchev–Trinajstić information content (AvgIpc) is 2.35. The number of carbonyl (C=O) groups is 1. The number of aliphatic hydroxyl groups is 1. The standard InChI is InChI=1S/C12H14ClN3O4/c1-12(18)4-2-6-15(7-12)11(17)8-3-5-14-10(13)9(8)16(19)20/h3,5,18H,2,4,6-7H2,1H3. The molecule has 1 aromatic heterocycles. The normalized spacial score (nSPS) is 22.6. The molecule has 108 valence electrons. The lowest BCUT2D eigenvalue weighted by molar-refractivity contribution is -0.385. The van der Waals surface area contributed by atoms with Crippen molar-refractivity contribution < 1.29 is 14.8 Å². The lowest BCUT2D eigenvalue weighted by atomic mass is 9.94. The maximum atomic E-state index is 12.4. The van der Waals surface area contributed by atoms with Crippen LogP contribution in [-0.2, 0) is 0 Å². The Morgan fingerprint density at radius 3 is 2.95 bits per heavy atom. The monoisotopic (exact) mass is 299 g/mol. The predicted molar refractivity (Wildman–Crippen MR) is 71.7 cm³/mol. The fourth-order valence-electron chi connectivity index (χ4n) is 2.34. The number of hydrogen-bond donors (Lipinski definition) is 1. The van der Waals surface area contributed by atoms with Crippen molar-refractivity contribution in [1.29, 1.82) is 0 Å². The number of nitrogens with zero attached hydrogens (tertiary/aromatic N) is 3. The summed E-state index contributed by atoms with van der Waals surface area (Å²) >= 11 is 5.69. The fourth-order valence-corrected chi connectivity index (χ4v) is 2.57. The summed E-state index contributed by atoms with van der Waals surface area (Å²) in [5, 5.41) is 20.7. The highest BCUT2D eigenvalue weighted by molar-refractivity contribution is 6.32. The molecule has 2 heterocycles. The van der Waals surface area contributed by atoms with E-state index in [2.05, 4.69) is 4.98 Å². The Morgan fingerprint density at radius 1 is 1.65 bits per heavy atom. The Morgan fingerprint density at radius 2 is 2.35 bits per heavy atom. The summed E-state index contributed by atoms with van der Waals surface area (Å²) in [5.74, 6) is -0.513. The summed E-state index contributed by atoms with van der Waals surface area (Å²) < 4.78 is 0. The van der Waals surface area contributed by atoms with Crippen molar-refractivity contribution in [2.75, 3.05) is 13.1 Å². The van der Waals surface area contributed by atoms with Crippen LogP contribution in [0, 0.1) is 10.1 Å². The number of nitro groups is 1. The van der Waals surface area contributed by atoms with Crippen molar-refractivity contribution in [3.8, 4) is 0 Å². The van der Waals surface area contributed by atoms with Gasteiger partial charge in [-0.3, -0.25) is 14.9 Å². The first kappa shape index (κ1) is 14.7. The number of β-amino-alcohol motifs (C(OH)–C–C–N with tert-alkyl or cyclic N) is 1.